The lowest BCUT2D eigenvalue weighted by Gasteiger charge is -2.25. The van der Waals surface area contributed by atoms with Gasteiger partial charge in [0.25, 0.3) is 41.4 Å². The first-order valence-electron chi connectivity index (χ1n) is 43.7. The third kappa shape index (κ3) is 40.2. The van der Waals surface area contributed by atoms with E-state index < -0.39 is 58.4 Å². The van der Waals surface area contributed by atoms with Crippen molar-refractivity contribution in [3.05, 3.63) is 358 Å². The van der Waals surface area contributed by atoms with Gasteiger partial charge in [0.1, 0.15) is 80.0 Å². The van der Waals surface area contributed by atoms with Crippen LogP contribution in [0.3, 0.4) is 0 Å². The maximum absolute atomic E-state index is 13.3. The van der Waals surface area contributed by atoms with Crippen LogP contribution >= 0.6 is 121 Å². The Kier molecular flexibility index (Phi) is 42.6. The van der Waals surface area contributed by atoms with E-state index in [1.165, 1.54) is 63.2 Å². The van der Waals surface area contributed by atoms with Crippen LogP contribution in [0.15, 0.2) is 303 Å². The van der Waals surface area contributed by atoms with Gasteiger partial charge in [0.15, 0.2) is 0 Å². The molecule has 24 nitrogen and oxygen atoms in total. The number of alkyl carbamates (subject to hydrolysis) is 4. The van der Waals surface area contributed by atoms with Crippen LogP contribution in [-0.2, 0) is 45.1 Å². The van der Waals surface area contributed by atoms with Crippen LogP contribution in [0.2, 0.25) is 10.0 Å². The number of carbonyl (C=O) groups excluding carboxylic acids is 4. The summed E-state index contributed by atoms with van der Waals surface area (Å²) in [5.41, 5.74) is 5.74. The van der Waals surface area contributed by atoms with E-state index in [-0.39, 0.29) is 54.5 Å². The van der Waals surface area contributed by atoms with E-state index >= 15 is 0 Å². The zero-order valence-electron chi connectivity index (χ0n) is 79.8. The van der Waals surface area contributed by atoms with Gasteiger partial charge in [-0.1, -0.05) is 144 Å². The number of aryl methyl sites for hydroxylation is 2. The highest BCUT2D eigenvalue weighted by atomic mass is 35.5. The Hall–Kier alpha value is -13.5. The van der Waals surface area contributed by atoms with Crippen molar-refractivity contribution < 1.29 is 84.8 Å². The van der Waals surface area contributed by atoms with Gasteiger partial charge in [0, 0.05) is 36.2 Å². The Morgan fingerprint density at radius 3 is 0.585 bits per heavy atom. The fraction of sp³-hybridized carbons (Fsp3) is 0.208. The normalized spacial score (nSPS) is 10.8. The first-order chi connectivity index (χ1) is 67.2. The number of hydrogen-bond donors (Lipinski definition) is 4. The number of halogens is 4. The molecule has 0 spiro atoms. The van der Waals surface area contributed by atoms with Gasteiger partial charge in [0.05, 0.1) is 22.7 Å². The Labute approximate surface area is 878 Å². The lowest BCUT2D eigenvalue weighted by atomic mass is 10.2. The smallest absolute Gasteiger partial charge is 0.407 e. The van der Waals surface area contributed by atoms with E-state index in [1.807, 2.05) is 201 Å². The summed E-state index contributed by atoms with van der Waals surface area (Å²) >= 11 is 56.3. The van der Waals surface area contributed by atoms with Crippen molar-refractivity contribution in [2.24, 2.45) is 0 Å². The second-order valence-corrected chi connectivity index (χ2v) is 38.1. The molecule has 12 rings (SSSR count). The molecular weight excluding hydrogens is 2010 g/mol. The molecule has 740 valence electrons. The molecule has 36 heteroatoms. The van der Waals surface area contributed by atoms with Gasteiger partial charge in [-0.2, -0.15) is 0 Å². The number of ether oxygens (including phenoxy) is 12. The molecule has 0 aliphatic rings. The highest BCUT2D eigenvalue weighted by molar-refractivity contribution is 7.83. The number of hydrogen-bond acceptors (Lipinski definition) is 24. The Bertz CT molecular complexity index is 5590. The van der Waals surface area contributed by atoms with Crippen molar-refractivity contribution >= 4 is 209 Å². The molecule has 0 atom stereocenters. The molecule has 0 radical (unpaired) electrons. The molecule has 0 aromatic heterocycles. The summed E-state index contributed by atoms with van der Waals surface area (Å²) in [6.07, 6.45) is -1.99. The predicted octanol–water partition coefficient (Wildman–Crippen LogP) is 27.2. The highest BCUT2D eigenvalue weighted by Crippen LogP contribution is 2.31. The number of nitrogens with one attached hydrogen (secondary N) is 4. The standard InChI is InChI=1S/C28H30N2O4S2.C26H24Cl2N2O4S2.C26H24F2N2O4S2.C26H26N2O4S2/c1-19-6-14-23(15-7-19)32-26(35)30(27(36)33-24-16-8-20(2)9-17-24)22-12-10-21(11-13-22)18-29-25(31)34-28(3,4)5;2*1-26(2,3)34-23(31)29-16-17-4-10-20(11-5-17)30(24(35)32-21-12-6-18(27)7-13-21)25(36)33-22-14-8-19(28)9-15-22;1-26(2,3)32-23(29)27-18-19-14-16-20(17-15-19)28(24(33)30-21-10-6-4-7-11-21)25(34)31-22-12-8-5-9-13-22/h6-17H,18H2,1-5H3,(H,29,31);2*4-15H,16H2,1-3H3,(H,29,31);4-17H,18H2,1-3H3,(H,27,29). The SMILES string of the molecule is CC(C)(C)OC(=O)NCc1ccc(N(C(=S)Oc2ccc(Cl)cc2)C(=S)Oc2ccc(Cl)cc2)cc1.CC(C)(C)OC(=O)NCc1ccc(N(C(=S)Oc2ccc(F)cc2)C(=S)Oc2ccc(F)cc2)cc1.CC(C)(C)OC(=O)NCc1ccc(N(C(=S)Oc2ccccc2)C(=S)Oc2ccccc2)cc1.Cc1ccc(OC(=S)N(C(=S)Oc2ccc(C)cc2)c2ccc(CNC(=O)OC(C)(C)C)cc2)cc1. The van der Waals surface area contributed by atoms with Crippen molar-refractivity contribution in [2.45, 2.75) is 146 Å². The summed E-state index contributed by atoms with van der Waals surface area (Å²) in [5, 5.41) is 12.5. The number of nitrogens with zero attached hydrogens (tertiary/aromatic N) is 4. The average Bonchev–Trinajstić information content (AvgIpc) is 0.830. The van der Waals surface area contributed by atoms with Gasteiger partial charge in [-0.25, -0.2) is 47.6 Å². The largest absolute Gasteiger partial charge is 0.444 e. The number of benzene rings is 12. The van der Waals surface area contributed by atoms with E-state index in [2.05, 4.69) is 21.3 Å². The summed E-state index contributed by atoms with van der Waals surface area (Å²) in [6.45, 7) is 26.8. The first kappa shape index (κ1) is 112. The molecule has 0 aliphatic carbocycles. The Balaban J connectivity index is 0.000000211. The number of rotatable bonds is 20. The fourth-order valence-electron chi connectivity index (χ4n) is 11.5. The van der Waals surface area contributed by atoms with Crippen molar-refractivity contribution in [1.29, 1.82) is 0 Å². The molecular formula is C106H104Cl2F2N8O16S8. The molecule has 12 aromatic rings. The topological polar surface area (TPSA) is 240 Å². The number of carbonyl (C=O) groups is 4. The number of para-hydroxylation sites is 2. The maximum atomic E-state index is 13.3. The van der Waals surface area contributed by atoms with Crippen LogP contribution in [0, 0.1) is 25.5 Å². The number of thiocarbonyl (C=S) groups is 8. The van der Waals surface area contributed by atoms with Crippen LogP contribution < -0.4 is 78.8 Å². The van der Waals surface area contributed by atoms with E-state index in [9.17, 15) is 28.0 Å². The highest BCUT2D eigenvalue weighted by Gasteiger charge is 2.29. The average molecular weight is 2110 g/mol. The third-order valence-corrected chi connectivity index (χ3v) is 20.6. The zero-order valence-corrected chi connectivity index (χ0v) is 87.8. The molecule has 0 saturated carbocycles. The van der Waals surface area contributed by atoms with E-state index in [1.54, 1.807) is 156 Å². The second-order valence-electron chi connectivity index (χ2n) is 34.4. The van der Waals surface area contributed by atoms with E-state index in [4.69, 9.17) is 178 Å². The van der Waals surface area contributed by atoms with Gasteiger partial charge >= 0.3 is 24.4 Å². The molecule has 0 fully saturated rings. The quantitative estimate of drug-likeness (QED) is 0.0410. The monoisotopic (exact) mass is 2110 g/mol. The van der Waals surface area contributed by atoms with Crippen molar-refractivity contribution in [3.8, 4) is 46.0 Å². The molecule has 0 saturated heterocycles. The lowest BCUT2D eigenvalue weighted by Crippen LogP contribution is -2.40. The molecule has 0 heterocycles. The van der Waals surface area contributed by atoms with E-state index in [0.29, 0.717) is 91.9 Å². The zero-order chi connectivity index (χ0) is 103. The summed E-state index contributed by atoms with van der Waals surface area (Å²) < 4.78 is 94.3. The molecule has 12 aromatic carbocycles. The third-order valence-electron chi connectivity index (χ3n) is 18.0. The van der Waals surface area contributed by atoms with Gasteiger partial charge in [-0.15, -0.1) is 0 Å². The Morgan fingerprint density at radius 2 is 0.408 bits per heavy atom. The minimum Gasteiger partial charge on any atom is -0.444 e. The van der Waals surface area contributed by atoms with Gasteiger partial charge in [-0.05, 0) is 411 Å². The van der Waals surface area contributed by atoms with Gasteiger partial charge in [0.2, 0.25) is 0 Å². The first-order valence-corrected chi connectivity index (χ1v) is 47.7. The van der Waals surface area contributed by atoms with Crippen LogP contribution in [0.5, 0.6) is 46.0 Å². The number of amides is 4. The minimum atomic E-state index is -0.602. The molecule has 0 unspecified atom stereocenters. The summed E-state index contributed by atoms with van der Waals surface area (Å²) in [4.78, 5) is 53.7. The molecule has 4 N–H and O–H groups in total. The number of anilines is 4. The fourth-order valence-corrected chi connectivity index (χ4v) is 14.3. The molecule has 142 heavy (non-hydrogen) atoms. The minimum absolute atomic E-state index is 0.0518. The van der Waals surface area contributed by atoms with Gasteiger partial charge in [-0.3, -0.25) is 0 Å². The molecule has 0 bridgehead atoms. The lowest BCUT2D eigenvalue weighted by molar-refractivity contribution is 0.0512. The Morgan fingerprint density at radius 1 is 0.246 bits per heavy atom. The van der Waals surface area contributed by atoms with Crippen molar-refractivity contribution in [2.75, 3.05) is 19.6 Å². The maximum Gasteiger partial charge on any atom is 0.407 e. The van der Waals surface area contributed by atoms with Crippen LogP contribution in [0.4, 0.5) is 50.7 Å². The summed E-state index contributed by atoms with van der Waals surface area (Å²) in [6, 6.07) is 86.7. The predicted molar refractivity (Wildman–Crippen MR) is 585 cm³/mol. The summed E-state index contributed by atoms with van der Waals surface area (Å²) in [7, 11) is 0. The second kappa shape index (κ2) is 53.9. The van der Waals surface area contributed by atoms with E-state index in [0.717, 1.165) is 33.4 Å². The molecule has 0 aliphatic heterocycles. The van der Waals surface area contributed by atoms with Crippen molar-refractivity contribution in [1.82, 2.24) is 21.3 Å². The van der Waals surface area contributed by atoms with Crippen LogP contribution in [0.25, 0.3) is 0 Å². The van der Waals surface area contributed by atoms with Crippen molar-refractivity contribution in [3.63, 3.8) is 0 Å². The van der Waals surface area contributed by atoms with Gasteiger partial charge < -0.3 is 78.1 Å². The van der Waals surface area contributed by atoms with Crippen LogP contribution in [0.1, 0.15) is 116 Å². The molecule has 4 amide bonds. The summed E-state index contributed by atoms with van der Waals surface area (Å²) in [5.74, 6) is 3.08. The van der Waals surface area contributed by atoms with Crippen LogP contribution in [-0.4, -0.2) is 88.2 Å².